The molecule has 0 aliphatic rings. The van der Waals surface area contributed by atoms with Crippen LogP contribution < -0.4 is 10.6 Å². The molecule has 23 heavy (non-hydrogen) atoms. The molecular formula is C13H11ClN4O5. The third-order valence-corrected chi connectivity index (χ3v) is 3.21. The van der Waals surface area contributed by atoms with Gasteiger partial charge in [0.05, 0.1) is 16.9 Å². The Bertz CT molecular complexity index is 795. The van der Waals surface area contributed by atoms with E-state index in [1.54, 1.807) is 6.07 Å². The smallest absolute Gasteiger partial charge is 0.322 e. The number of carbonyl (C=O) groups excluding carboxylic acids is 1. The number of benzene rings is 1. The summed E-state index contributed by atoms with van der Waals surface area (Å²) in [6.45, 7) is -0.722. The largest absolute Gasteiger partial charge is 0.480 e. The monoisotopic (exact) mass is 338 g/mol. The van der Waals surface area contributed by atoms with Crippen molar-refractivity contribution in [2.75, 3.05) is 18.4 Å². The fourth-order valence-corrected chi connectivity index (χ4v) is 2.17. The van der Waals surface area contributed by atoms with Gasteiger partial charge in [0.25, 0.3) is 5.69 Å². The van der Waals surface area contributed by atoms with Crippen LogP contribution in [0.4, 0.5) is 11.5 Å². The lowest BCUT2D eigenvalue weighted by atomic mass is 10.1. The van der Waals surface area contributed by atoms with Gasteiger partial charge in [-0.05, 0) is 18.2 Å². The van der Waals surface area contributed by atoms with Crippen molar-refractivity contribution in [2.45, 2.75) is 0 Å². The Labute approximate surface area is 134 Å². The Morgan fingerprint density at radius 2 is 2.00 bits per heavy atom. The molecule has 120 valence electrons. The summed E-state index contributed by atoms with van der Waals surface area (Å²) >= 11 is 5.85. The van der Waals surface area contributed by atoms with Gasteiger partial charge in [0.15, 0.2) is 0 Å². The van der Waals surface area contributed by atoms with Crippen LogP contribution in [0.2, 0.25) is 5.02 Å². The van der Waals surface area contributed by atoms with Crippen LogP contribution in [-0.2, 0) is 9.59 Å². The summed E-state index contributed by atoms with van der Waals surface area (Å²) in [5.41, 5.74) is -0.245. The van der Waals surface area contributed by atoms with Crippen LogP contribution in [0.1, 0.15) is 0 Å². The van der Waals surface area contributed by atoms with E-state index in [1.807, 2.05) is 0 Å². The SMILES string of the molecule is O=C(O)CNC(=O)CNc1nccc2c([N+](=O)[O-])c(Cl)ccc12. The summed E-state index contributed by atoms with van der Waals surface area (Å²) in [5.74, 6) is -1.45. The van der Waals surface area contributed by atoms with E-state index in [1.165, 1.54) is 18.3 Å². The average molecular weight is 339 g/mol. The highest BCUT2D eigenvalue weighted by Gasteiger charge is 2.19. The predicted octanol–water partition coefficient (Wildman–Crippen LogP) is 1.41. The number of halogens is 1. The summed E-state index contributed by atoms with van der Waals surface area (Å²) in [6, 6.07) is 4.38. The van der Waals surface area contributed by atoms with Gasteiger partial charge in [0, 0.05) is 11.6 Å². The number of aliphatic carboxylic acids is 1. The van der Waals surface area contributed by atoms with Gasteiger partial charge in [0.2, 0.25) is 5.91 Å². The molecular weight excluding hydrogens is 328 g/mol. The number of nitrogens with zero attached hydrogens (tertiary/aromatic N) is 2. The van der Waals surface area contributed by atoms with Crippen molar-refractivity contribution in [1.82, 2.24) is 10.3 Å². The molecule has 1 amide bonds. The number of carbonyl (C=O) groups is 2. The maximum atomic E-state index is 11.5. The molecule has 1 aromatic heterocycles. The standard InChI is InChI=1S/C13H11ClN4O5/c14-9-2-1-8-7(12(9)18(22)23)3-4-15-13(8)17-5-10(19)16-6-11(20)21/h1-4H,5-6H2,(H,15,17)(H,16,19)(H,20,21). The van der Waals surface area contributed by atoms with Gasteiger partial charge in [-0.2, -0.15) is 0 Å². The molecule has 0 aliphatic carbocycles. The van der Waals surface area contributed by atoms with Crippen molar-refractivity contribution in [2.24, 2.45) is 0 Å². The second-order valence-corrected chi connectivity index (χ2v) is 4.84. The lowest BCUT2D eigenvalue weighted by molar-refractivity contribution is -0.382. The van der Waals surface area contributed by atoms with Gasteiger partial charge in [0.1, 0.15) is 17.4 Å². The summed E-state index contributed by atoms with van der Waals surface area (Å²) < 4.78 is 0. The van der Waals surface area contributed by atoms with E-state index in [9.17, 15) is 19.7 Å². The van der Waals surface area contributed by atoms with Crippen LogP contribution in [0.5, 0.6) is 0 Å². The molecule has 0 fully saturated rings. The Balaban J connectivity index is 2.25. The van der Waals surface area contributed by atoms with Gasteiger partial charge < -0.3 is 15.7 Å². The molecule has 0 radical (unpaired) electrons. The molecule has 9 nitrogen and oxygen atoms in total. The number of hydrogen-bond acceptors (Lipinski definition) is 6. The Morgan fingerprint density at radius 3 is 2.65 bits per heavy atom. The first-order valence-corrected chi connectivity index (χ1v) is 6.72. The first-order chi connectivity index (χ1) is 10.9. The number of pyridine rings is 1. The maximum absolute atomic E-state index is 11.5. The molecule has 0 aliphatic heterocycles. The van der Waals surface area contributed by atoms with Crippen LogP contribution in [0, 0.1) is 10.1 Å². The highest BCUT2D eigenvalue weighted by Crippen LogP contribution is 2.35. The minimum atomic E-state index is -1.16. The van der Waals surface area contributed by atoms with Crippen molar-refractivity contribution in [3.8, 4) is 0 Å². The zero-order chi connectivity index (χ0) is 17.0. The second-order valence-electron chi connectivity index (χ2n) is 4.43. The third-order valence-electron chi connectivity index (χ3n) is 2.90. The van der Waals surface area contributed by atoms with Gasteiger partial charge in [-0.15, -0.1) is 0 Å². The molecule has 0 atom stereocenters. The number of rotatable bonds is 6. The number of anilines is 1. The van der Waals surface area contributed by atoms with Crippen molar-refractivity contribution in [3.05, 3.63) is 39.5 Å². The van der Waals surface area contributed by atoms with E-state index >= 15 is 0 Å². The molecule has 2 rings (SSSR count). The number of nitro benzene ring substituents is 1. The van der Waals surface area contributed by atoms with E-state index in [-0.39, 0.29) is 28.5 Å². The van der Waals surface area contributed by atoms with E-state index < -0.39 is 23.3 Å². The molecule has 0 spiro atoms. The molecule has 0 saturated heterocycles. The predicted molar refractivity (Wildman–Crippen MR) is 82.5 cm³/mol. The lowest BCUT2D eigenvalue weighted by Crippen LogP contribution is -2.34. The number of hydrogen-bond donors (Lipinski definition) is 3. The van der Waals surface area contributed by atoms with E-state index in [0.717, 1.165) is 0 Å². The minimum Gasteiger partial charge on any atom is -0.480 e. The lowest BCUT2D eigenvalue weighted by Gasteiger charge is -2.09. The Hall–Kier alpha value is -2.94. The maximum Gasteiger partial charge on any atom is 0.322 e. The van der Waals surface area contributed by atoms with E-state index in [4.69, 9.17) is 16.7 Å². The quantitative estimate of drug-likeness (QED) is 0.535. The number of fused-ring (bicyclic) bond motifs is 1. The third kappa shape index (κ3) is 3.83. The van der Waals surface area contributed by atoms with Crippen LogP contribution in [-0.4, -0.2) is 40.0 Å². The molecule has 1 aromatic carbocycles. The highest BCUT2D eigenvalue weighted by molar-refractivity contribution is 6.34. The molecule has 1 heterocycles. The number of nitrogens with one attached hydrogen (secondary N) is 2. The molecule has 0 unspecified atom stereocenters. The molecule has 3 N–H and O–H groups in total. The summed E-state index contributed by atoms with van der Waals surface area (Å²) in [6.07, 6.45) is 1.35. The van der Waals surface area contributed by atoms with Gasteiger partial charge in [-0.25, -0.2) is 4.98 Å². The van der Waals surface area contributed by atoms with Crippen molar-refractivity contribution >= 4 is 45.8 Å². The van der Waals surface area contributed by atoms with Crippen LogP contribution in [0.15, 0.2) is 24.4 Å². The van der Waals surface area contributed by atoms with Gasteiger partial charge in [-0.1, -0.05) is 11.6 Å². The number of aromatic nitrogens is 1. The molecule has 0 bridgehead atoms. The zero-order valence-corrected chi connectivity index (χ0v) is 12.3. The summed E-state index contributed by atoms with van der Waals surface area (Å²) in [5, 5.41) is 25.2. The second kappa shape index (κ2) is 6.88. The molecule has 10 heteroatoms. The van der Waals surface area contributed by atoms with Crippen molar-refractivity contribution in [3.63, 3.8) is 0 Å². The summed E-state index contributed by atoms with van der Waals surface area (Å²) in [7, 11) is 0. The topological polar surface area (TPSA) is 134 Å². The molecule has 2 aromatic rings. The van der Waals surface area contributed by atoms with Crippen molar-refractivity contribution < 1.29 is 19.6 Å². The molecule has 0 saturated carbocycles. The van der Waals surface area contributed by atoms with Crippen LogP contribution in [0.3, 0.4) is 0 Å². The van der Waals surface area contributed by atoms with E-state index in [2.05, 4.69) is 15.6 Å². The number of carboxylic acids is 1. The normalized spacial score (nSPS) is 10.3. The fraction of sp³-hybridized carbons (Fsp3) is 0.154. The average Bonchev–Trinajstić information content (AvgIpc) is 2.49. The van der Waals surface area contributed by atoms with Crippen LogP contribution >= 0.6 is 11.6 Å². The fourth-order valence-electron chi connectivity index (χ4n) is 1.94. The van der Waals surface area contributed by atoms with Crippen molar-refractivity contribution in [1.29, 1.82) is 0 Å². The van der Waals surface area contributed by atoms with Gasteiger partial charge >= 0.3 is 5.97 Å². The minimum absolute atomic E-state index is 0.00106. The van der Waals surface area contributed by atoms with Crippen LogP contribution in [0.25, 0.3) is 10.8 Å². The number of carboxylic acid groups (broad SMARTS) is 1. The Kier molecular flexibility index (Phi) is 4.91. The van der Waals surface area contributed by atoms with Gasteiger partial charge in [-0.3, -0.25) is 19.7 Å². The number of amides is 1. The summed E-state index contributed by atoms with van der Waals surface area (Å²) in [4.78, 5) is 36.4. The zero-order valence-electron chi connectivity index (χ0n) is 11.6. The number of nitro groups is 1. The highest BCUT2D eigenvalue weighted by atomic mass is 35.5. The first kappa shape index (κ1) is 16.4. The first-order valence-electron chi connectivity index (χ1n) is 6.34. The Morgan fingerprint density at radius 1 is 1.26 bits per heavy atom. The van der Waals surface area contributed by atoms with E-state index in [0.29, 0.717) is 5.39 Å².